The fraction of sp³-hybridized carbons (Fsp3) is 0.438. The van der Waals surface area contributed by atoms with E-state index in [9.17, 15) is 13.6 Å². The SMILES string of the molecule is O=C(OC1CCCCC1)c1cccnc1N1CCN(CCCC(c2ccc(F)cc2)c2ccc(F)cc2)CC1. The lowest BCUT2D eigenvalue weighted by Crippen LogP contribution is -2.47. The average Bonchev–Trinajstić information content (AvgIpc) is 2.97. The largest absolute Gasteiger partial charge is 0.459 e. The molecule has 5 rings (SSSR count). The van der Waals surface area contributed by atoms with Gasteiger partial charge < -0.3 is 9.64 Å². The Hall–Kier alpha value is -3.32. The Morgan fingerprint density at radius 1 is 0.872 bits per heavy atom. The van der Waals surface area contributed by atoms with E-state index in [2.05, 4.69) is 14.8 Å². The van der Waals surface area contributed by atoms with Crippen molar-refractivity contribution in [2.24, 2.45) is 0 Å². The van der Waals surface area contributed by atoms with Crippen LogP contribution in [0.1, 0.15) is 72.3 Å². The molecule has 0 radical (unpaired) electrons. The van der Waals surface area contributed by atoms with Crippen LogP contribution in [0.3, 0.4) is 0 Å². The van der Waals surface area contributed by atoms with Crippen LogP contribution in [0.5, 0.6) is 0 Å². The molecule has 5 nitrogen and oxygen atoms in total. The Balaban J connectivity index is 1.15. The van der Waals surface area contributed by atoms with Crippen LogP contribution in [-0.4, -0.2) is 54.7 Å². The van der Waals surface area contributed by atoms with E-state index in [1.807, 2.05) is 30.3 Å². The molecule has 2 aromatic carbocycles. The highest BCUT2D eigenvalue weighted by Gasteiger charge is 2.26. The molecule has 0 atom stereocenters. The van der Waals surface area contributed by atoms with Crippen LogP contribution in [0.15, 0.2) is 66.9 Å². The Bertz CT molecular complexity index is 1160. The zero-order valence-electron chi connectivity index (χ0n) is 22.4. The number of benzene rings is 2. The zero-order valence-corrected chi connectivity index (χ0v) is 22.4. The Labute approximate surface area is 229 Å². The number of carbonyl (C=O) groups excluding carboxylic acids is 1. The van der Waals surface area contributed by atoms with Gasteiger partial charge in [-0.3, -0.25) is 4.90 Å². The van der Waals surface area contributed by atoms with E-state index in [1.54, 1.807) is 12.3 Å². The minimum Gasteiger partial charge on any atom is -0.459 e. The molecule has 2 aliphatic rings. The van der Waals surface area contributed by atoms with Gasteiger partial charge in [-0.15, -0.1) is 0 Å². The van der Waals surface area contributed by atoms with Crippen LogP contribution in [-0.2, 0) is 4.74 Å². The first-order valence-corrected chi connectivity index (χ1v) is 14.2. The monoisotopic (exact) mass is 533 g/mol. The van der Waals surface area contributed by atoms with Crippen molar-refractivity contribution >= 4 is 11.8 Å². The molecule has 0 N–H and O–H groups in total. The molecular formula is C32H37F2N3O2. The Kier molecular flexibility index (Phi) is 9.19. The number of nitrogens with zero attached hydrogens (tertiary/aromatic N) is 3. The summed E-state index contributed by atoms with van der Waals surface area (Å²) in [5.74, 6) is 0.0185. The lowest BCUT2D eigenvalue weighted by Gasteiger charge is -2.36. The van der Waals surface area contributed by atoms with Crippen molar-refractivity contribution in [3.8, 4) is 0 Å². The quantitative estimate of drug-likeness (QED) is 0.291. The number of aromatic nitrogens is 1. The summed E-state index contributed by atoms with van der Waals surface area (Å²) in [5, 5.41) is 0. The van der Waals surface area contributed by atoms with E-state index in [0.29, 0.717) is 11.4 Å². The van der Waals surface area contributed by atoms with Gasteiger partial charge in [-0.05, 0) is 92.6 Å². The van der Waals surface area contributed by atoms with Crippen LogP contribution in [0, 0.1) is 11.6 Å². The number of hydrogen-bond donors (Lipinski definition) is 0. The molecule has 1 aliphatic carbocycles. The second kappa shape index (κ2) is 13.2. The van der Waals surface area contributed by atoms with E-state index in [0.717, 1.165) is 82.4 Å². The summed E-state index contributed by atoms with van der Waals surface area (Å²) in [4.78, 5) is 22.2. The Morgan fingerprint density at radius 2 is 1.49 bits per heavy atom. The molecule has 39 heavy (non-hydrogen) atoms. The van der Waals surface area contributed by atoms with Crippen molar-refractivity contribution in [3.05, 3.63) is 95.2 Å². The van der Waals surface area contributed by atoms with E-state index in [4.69, 9.17) is 4.74 Å². The van der Waals surface area contributed by atoms with Crippen LogP contribution in [0.4, 0.5) is 14.6 Å². The van der Waals surface area contributed by atoms with E-state index in [-0.39, 0.29) is 29.6 Å². The van der Waals surface area contributed by atoms with Gasteiger partial charge in [0.2, 0.25) is 0 Å². The third-order valence-electron chi connectivity index (χ3n) is 8.02. The maximum Gasteiger partial charge on any atom is 0.342 e. The zero-order chi connectivity index (χ0) is 27.0. The summed E-state index contributed by atoms with van der Waals surface area (Å²) in [6.07, 6.45) is 8.95. The Morgan fingerprint density at radius 3 is 2.10 bits per heavy atom. The van der Waals surface area contributed by atoms with Gasteiger partial charge in [0.25, 0.3) is 0 Å². The molecule has 7 heteroatoms. The molecule has 0 spiro atoms. The third-order valence-corrected chi connectivity index (χ3v) is 8.02. The van der Waals surface area contributed by atoms with Gasteiger partial charge in [0.15, 0.2) is 0 Å². The number of halogens is 2. The number of anilines is 1. The second-order valence-corrected chi connectivity index (χ2v) is 10.7. The molecular weight excluding hydrogens is 496 g/mol. The molecule has 1 aromatic heterocycles. The van der Waals surface area contributed by atoms with Gasteiger partial charge in [-0.1, -0.05) is 30.7 Å². The molecule has 2 fully saturated rings. The van der Waals surface area contributed by atoms with E-state index in [1.165, 1.54) is 30.7 Å². The minimum absolute atomic E-state index is 0.0183. The van der Waals surface area contributed by atoms with Crippen molar-refractivity contribution in [1.29, 1.82) is 0 Å². The van der Waals surface area contributed by atoms with Gasteiger partial charge in [0, 0.05) is 38.3 Å². The molecule has 1 aliphatic heterocycles. The molecule has 0 bridgehead atoms. The number of ether oxygens (including phenoxy) is 1. The van der Waals surface area contributed by atoms with Gasteiger partial charge >= 0.3 is 5.97 Å². The average molecular weight is 534 g/mol. The van der Waals surface area contributed by atoms with Gasteiger partial charge in [0.05, 0.1) is 0 Å². The number of piperazine rings is 1. The number of pyridine rings is 1. The fourth-order valence-corrected chi connectivity index (χ4v) is 5.82. The van der Waals surface area contributed by atoms with Crippen molar-refractivity contribution < 1.29 is 18.3 Å². The predicted octanol–water partition coefficient (Wildman–Crippen LogP) is 6.58. The number of esters is 1. The fourth-order valence-electron chi connectivity index (χ4n) is 5.82. The molecule has 2 heterocycles. The van der Waals surface area contributed by atoms with Crippen molar-refractivity contribution in [3.63, 3.8) is 0 Å². The molecule has 1 saturated heterocycles. The standard InChI is InChI=1S/C32H37F2N3O2/c33-26-14-10-24(11-15-26)29(25-12-16-27(34)17-13-25)9-5-19-36-20-22-37(23-21-36)31-30(8-4-18-35-31)32(38)39-28-6-2-1-3-7-28/h4,8,10-18,28-29H,1-3,5-7,9,19-23H2. The minimum atomic E-state index is -0.264. The molecule has 1 saturated carbocycles. The highest BCUT2D eigenvalue weighted by molar-refractivity contribution is 5.94. The number of hydrogen-bond acceptors (Lipinski definition) is 5. The summed E-state index contributed by atoms with van der Waals surface area (Å²) < 4.78 is 32.9. The summed E-state index contributed by atoms with van der Waals surface area (Å²) in [6, 6.07) is 16.9. The number of carbonyl (C=O) groups is 1. The van der Waals surface area contributed by atoms with Gasteiger partial charge in [-0.2, -0.15) is 0 Å². The van der Waals surface area contributed by atoms with Crippen LogP contribution in [0.25, 0.3) is 0 Å². The topological polar surface area (TPSA) is 45.7 Å². The smallest absolute Gasteiger partial charge is 0.342 e. The highest BCUT2D eigenvalue weighted by Crippen LogP contribution is 2.30. The van der Waals surface area contributed by atoms with Crippen molar-refractivity contribution in [1.82, 2.24) is 9.88 Å². The first kappa shape index (κ1) is 27.3. The molecule has 0 unspecified atom stereocenters. The molecule has 206 valence electrons. The summed E-state index contributed by atoms with van der Waals surface area (Å²) in [6.45, 7) is 4.28. The van der Waals surface area contributed by atoms with Crippen LogP contribution in [0.2, 0.25) is 0 Å². The van der Waals surface area contributed by atoms with Gasteiger partial charge in [-0.25, -0.2) is 18.6 Å². The number of rotatable bonds is 9. The third kappa shape index (κ3) is 7.21. The van der Waals surface area contributed by atoms with E-state index >= 15 is 0 Å². The van der Waals surface area contributed by atoms with Crippen molar-refractivity contribution in [2.45, 2.75) is 57.0 Å². The maximum atomic E-state index is 13.5. The lowest BCUT2D eigenvalue weighted by molar-refractivity contribution is 0.0211. The molecule has 0 amide bonds. The summed E-state index contributed by atoms with van der Waals surface area (Å²) in [7, 11) is 0. The lowest BCUT2D eigenvalue weighted by atomic mass is 9.87. The first-order chi connectivity index (χ1) is 19.1. The molecule has 3 aromatic rings. The normalized spacial score (nSPS) is 16.9. The van der Waals surface area contributed by atoms with Crippen LogP contribution >= 0.6 is 0 Å². The first-order valence-electron chi connectivity index (χ1n) is 14.2. The van der Waals surface area contributed by atoms with E-state index < -0.39 is 0 Å². The van der Waals surface area contributed by atoms with Crippen LogP contribution < -0.4 is 4.90 Å². The summed E-state index contributed by atoms with van der Waals surface area (Å²) in [5.41, 5.74) is 2.63. The second-order valence-electron chi connectivity index (χ2n) is 10.7. The van der Waals surface area contributed by atoms with Gasteiger partial charge in [0.1, 0.15) is 29.1 Å². The summed E-state index contributed by atoms with van der Waals surface area (Å²) >= 11 is 0. The maximum absolute atomic E-state index is 13.5. The highest BCUT2D eigenvalue weighted by atomic mass is 19.1. The predicted molar refractivity (Wildman–Crippen MR) is 149 cm³/mol. The van der Waals surface area contributed by atoms with Crippen molar-refractivity contribution in [2.75, 3.05) is 37.6 Å².